The third-order valence-electron chi connectivity index (χ3n) is 12.4. The predicted octanol–water partition coefficient (Wildman–Crippen LogP) is 17.1. The zero-order chi connectivity index (χ0) is 52.7. The lowest BCUT2D eigenvalue weighted by Gasteiger charge is -2.21. The highest BCUT2D eigenvalue weighted by Gasteiger charge is 2.28. The quantitative estimate of drug-likeness (QED) is 0.0197. The number of allylic oxidation sites excluding steroid dienone is 10. The molecule has 72 heavy (non-hydrogen) atoms. The molecule has 2 N–H and O–H groups in total. The molecule has 12 heteroatoms. The maximum absolute atomic E-state index is 12.9. The van der Waals surface area contributed by atoms with Gasteiger partial charge in [0, 0.05) is 19.3 Å². The van der Waals surface area contributed by atoms with E-state index in [-0.39, 0.29) is 25.9 Å². The van der Waals surface area contributed by atoms with Crippen LogP contribution in [-0.4, -0.2) is 66.5 Å². The van der Waals surface area contributed by atoms with Gasteiger partial charge in [-0.15, -0.1) is 0 Å². The van der Waals surface area contributed by atoms with Crippen LogP contribution in [0.1, 0.15) is 265 Å². The highest BCUT2D eigenvalue weighted by atomic mass is 31.2. The summed E-state index contributed by atoms with van der Waals surface area (Å²) in [6.07, 6.45) is 59.0. The normalized spacial score (nSPS) is 13.8. The number of rotatable bonds is 54. The van der Waals surface area contributed by atoms with E-state index in [1.54, 1.807) is 0 Å². The molecule has 0 saturated carbocycles. The van der Waals surface area contributed by atoms with E-state index in [4.69, 9.17) is 23.3 Å². The van der Waals surface area contributed by atoms with Gasteiger partial charge in [0.1, 0.15) is 12.7 Å². The standard InChI is InChI=1S/C60H107O11P/c1-4-7-10-13-16-19-22-25-26-27-28-29-30-33-36-39-42-45-48-51-60(64)71-57(53-67-58(62)49-46-43-40-37-34-31-23-20-17-14-11-8-5-2)55-69-72(65,66)68-54-56(52-61)70-59(63)50-47-44-41-38-35-32-24-21-18-15-12-9-6-3/h8,11,17,20-21,24-26,31,34,56-57,61H,4-7,9-10,12-16,18-19,22-23,27-30,32-33,35-55H2,1-3H3,(H,65,66)/b11-8-,20-17-,24-21-,26-25-,34-31-. The largest absolute Gasteiger partial charge is 0.472 e. The fraction of sp³-hybridized carbons (Fsp3) is 0.783. The number of esters is 3. The van der Waals surface area contributed by atoms with Gasteiger partial charge < -0.3 is 24.2 Å². The van der Waals surface area contributed by atoms with Crippen molar-refractivity contribution in [3.63, 3.8) is 0 Å². The minimum atomic E-state index is -4.75. The number of ether oxygens (including phenoxy) is 3. The van der Waals surface area contributed by atoms with Crippen molar-refractivity contribution in [1.29, 1.82) is 0 Å². The summed E-state index contributed by atoms with van der Waals surface area (Å²) >= 11 is 0. The van der Waals surface area contributed by atoms with Gasteiger partial charge in [-0.3, -0.25) is 23.4 Å². The lowest BCUT2D eigenvalue weighted by atomic mass is 10.1. The van der Waals surface area contributed by atoms with E-state index >= 15 is 0 Å². The van der Waals surface area contributed by atoms with Crippen molar-refractivity contribution in [1.82, 2.24) is 0 Å². The molecule has 0 aliphatic rings. The monoisotopic (exact) mass is 1030 g/mol. The van der Waals surface area contributed by atoms with Crippen molar-refractivity contribution in [2.24, 2.45) is 0 Å². The summed E-state index contributed by atoms with van der Waals surface area (Å²) in [6.45, 7) is 4.48. The Morgan fingerprint density at radius 3 is 1.15 bits per heavy atom. The van der Waals surface area contributed by atoms with E-state index in [0.717, 1.165) is 96.3 Å². The van der Waals surface area contributed by atoms with Crippen LogP contribution in [0.5, 0.6) is 0 Å². The minimum absolute atomic E-state index is 0.158. The Morgan fingerprint density at radius 2 is 0.722 bits per heavy atom. The molecule has 0 fully saturated rings. The van der Waals surface area contributed by atoms with Gasteiger partial charge in [0.05, 0.1) is 19.8 Å². The van der Waals surface area contributed by atoms with E-state index in [1.807, 2.05) is 0 Å². The Morgan fingerprint density at radius 1 is 0.403 bits per heavy atom. The van der Waals surface area contributed by atoms with Crippen LogP contribution in [0.25, 0.3) is 0 Å². The molecule has 3 atom stereocenters. The predicted molar refractivity (Wildman–Crippen MR) is 298 cm³/mol. The zero-order valence-electron chi connectivity index (χ0n) is 46.1. The molecule has 11 nitrogen and oxygen atoms in total. The van der Waals surface area contributed by atoms with Crippen molar-refractivity contribution >= 4 is 25.7 Å². The van der Waals surface area contributed by atoms with E-state index in [0.29, 0.717) is 19.3 Å². The fourth-order valence-corrected chi connectivity index (χ4v) is 8.73. The highest BCUT2D eigenvalue weighted by Crippen LogP contribution is 2.43. The number of phosphoric acid groups is 1. The number of carbonyl (C=O) groups is 3. The second-order valence-corrected chi connectivity index (χ2v) is 20.9. The summed E-state index contributed by atoms with van der Waals surface area (Å²) in [5.74, 6) is -1.50. The number of phosphoric ester groups is 1. The van der Waals surface area contributed by atoms with E-state index in [9.17, 15) is 28.9 Å². The Kier molecular flexibility index (Phi) is 52.3. The van der Waals surface area contributed by atoms with Gasteiger partial charge in [-0.25, -0.2) is 4.57 Å². The zero-order valence-corrected chi connectivity index (χ0v) is 47.0. The average Bonchev–Trinajstić information content (AvgIpc) is 3.37. The van der Waals surface area contributed by atoms with Crippen molar-refractivity contribution in [2.45, 2.75) is 277 Å². The van der Waals surface area contributed by atoms with E-state index in [1.165, 1.54) is 109 Å². The van der Waals surface area contributed by atoms with Crippen molar-refractivity contribution in [2.75, 3.05) is 26.4 Å². The maximum Gasteiger partial charge on any atom is 0.472 e. The fourth-order valence-electron chi connectivity index (χ4n) is 7.95. The van der Waals surface area contributed by atoms with Gasteiger partial charge >= 0.3 is 25.7 Å². The lowest BCUT2D eigenvalue weighted by Crippen LogP contribution is -2.30. The van der Waals surface area contributed by atoms with E-state index < -0.39 is 57.8 Å². The molecule has 3 unspecified atom stereocenters. The van der Waals surface area contributed by atoms with Gasteiger partial charge in [0.25, 0.3) is 0 Å². The van der Waals surface area contributed by atoms with Gasteiger partial charge in [-0.1, -0.05) is 204 Å². The smallest absolute Gasteiger partial charge is 0.462 e. The van der Waals surface area contributed by atoms with Crippen LogP contribution in [0.15, 0.2) is 60.8 Å². The van der Waals surface area contributed by atoms with Crippen LogP contribution in [0, 0.1) is 0 Å². The molecule has 0 aliphatic carbocycles. The molecule has 0 aliphatic heterocycles. The van der Waals surface area contributed by atoms with Crippen LogP contribution in [0.3, 0.4) is 0 Å². The van der Waals surface area contributed by atoms with Gasteiger partial charge in [0.2, 0.25) is 0 Å². The molecule has 0 amide bonds. The Hall–Kier alpha value is -2.82. The molecule has 0 spiro atoms. The summed E-state index contributed by atoms with van der Waals surface area (Å²) < 4.78 is 39.5. The molecule has 0 heterocycles. The second kappa shape index (κ2) is 54.4. The molecule has 0 radical (unpaired) electrons. The van der Waals surface area contributed by atoms with Gasteiger partial charge in [-0.2, -0.15) is 0 Å². The Bertz CT molecular complexity index is 1440. The first kappa shape index (κ1) is 69.2. The third kappa shape index (κ3) is 52.1. The highest BCUT2D eigenvalue weighted by molar-refractivity contribution is 7.47. The van der Waals surface area contributed by atoms with Crippen LogP contribution in [-0.2, 0) is 42.2 Å². The van der Waals surface area contributed by atoms with Crippen LogP contribution in [0.4, 0.5) is 0 Å². The van der Waals surface area contributed by atoms with Crippen molar-refractivity contribution < 1.29 is 52.2 Å². The number of aliphatic hydroxyl groups is 1. The topological polar surface area (TPSA) is 155 Å². The average molecular weight is 1040 g/mol. The van der Waals surface area contributed by atoms with Crippen molar-refractivity contribution in [3.05, 3.63) is 60.8 Å². The first-order valence-corrected chi connectivity index (χ1v) is 30.7. The number of unbranched alkanes of at least 4 members (excludes halogenated alkanes) is 27. The summed E-state index contributed by atoms with van der Waals surface area (Å²) in [5, 5.41) is 9.80. The minimum Gasteiger partial charge on any atom is -0.462 e. The van der Waals surface area contributed by atoms with Crippen LogP contribution < -0.4 is 0 Å². The van der Waals surface area contributed by atoms with Crippen molar-refractivity contribution in [3.8, 4) is 0 Å². The number of carbonyl (C=O) groups excluding carboxylic acids is 3. The SMILES string of the molecule is CC/C=C\C/C=C\C/C=C\CCCCCC(=O)OCC(COP(=O)(O)OCC(CO)OC(=O)CCCCCCC/C=C\CCCCCC)OC(=O)CCCCCCCCCCC/C=C\CCCCCCCC. The van der Waals surface area contributed by atoms with Crippen LogP contribution >= 0.6 is 7.82 Å². The first-order chi connectivity index (χ1) is 35.2. The Labute approximate surface area is 440 Å². The Balaban J connectivity index is 4.73. The molecule has 0 aromatic carbocycles. The molecule has 0 saturated heterocycles. The molecule has 418 valence electrons. The van der Waals surface area contributed by atoms with Gasteiger partial charge in [-0.05, 0) is 103 Å². The molecular weight excluding hydrogens is 928 g/mol. The van der Waals surface area contributed by atoms with Gasteiger partial charge in [0.15, 0.2) is 6.10 Å². The molecule has 0 aromatic heterocycles. The third-order valence-corrected chi connectivity index (χ3v) is 13.3. The first-order valence-electron chi connectivity index (χ1n) is 29.2. The molecular formula is C60H107O11P. The summed E-state index contributed by atoms with van der Waals surface area (Å²) in [5.41, 5.74) is 0. The lowest BCUT2D eigenvalue weighted by molar-refractivity contribution is -0.161. The van der Waals surface area contributed by atoms with Crippen LogP contribution in [0.2, 0.25) is 0 Å². The number of hydrogen-bond acceptors (Lipinski definition) is 10. The second-order valence-electron chi connectivity index (χ2n) is 19.4. The molecule has 0 bridgehead atoms. The molecule has 0 aromatic rings. The summed E-state index contributed by atoms with van der Waals surface area (Å²) in [6, 6.07) is 0. The van der Waals surface area contributed by atoms with E-state index in [2.05, 4.69) is 81.5 Å². The maximum atomic E-state index is 12.9. The summed E-state index contributed by atoms with van der Waals surface area (Å²) in [7, 11) is -4.75. The number of aliphatic hydroxyl groups excluding tert-OH is 1. The summed E-state index contributed by atoms with van der Waals surface area (Å²) in [4.78, 5) is 48.5. The molecule has 0 rings (SSSR count). The number of hydrogen-bond donors (Lipinski definition) is 2.